The summed E-state index contributed by atoms with van der Waals surface area (Å²) in [6.07, 6.45) is 1.64. The SMILES string of the molecule is Cc1occc1SCC(N)(C#N)c1ccccc1. The van der Waals surface area contributed by atoms with Gasteiger partial charge in [0, 0.05) is 10.6 Å². The number of benzene rings is 1. The number of furan rings is 1. The molecule has 4 heteroatoms. The van der Waals surface area contributed by atoms with E-state index >= 15 is 0 Å². The molecule has 0 aliphatic rings. The summed E-state index contributed by atoms with van der Waals surface area (Å²) in [4.78, 5) is 1.02. The second-order valence-electron chi connectivity index (χ2n) is 4.08. The minimum Gasteiger partial charge on any atom is -0.468 e. The highest BCUT2D eigenvalue weighted by atomic mass is 32.2. The average Bonchev–Trinajstić information content (AvgIpc) is 2.83. The lowest BCUT2D eigenvalue weighted by Gasteiger charge is -2.21. The number of hydrogen-bond donors (Lipinski definition) is 1. The Bertz CT molecular complexity index is 559. The standard InChI is InChI=1S/C14H14N2OS/c1-11-13(7-8-17-11)18-10-14(16,9-15)12-5-3-2-4-6-12/h2-8H,10,16H2,1H3. The van der Waals surface area contributed by atoms with Crippen molar-refractivity contribution in [3.05, 3.63) is 54.0 Å². The Labute approximate surface area is 111 Å². The Morgan fingerprint density at radius 3 is 2.61 bits per heavy atom. The van der Waals surface area contributed by atoms with Crippen LogP contribution in [0.2, 0.25) is 0 Å². The molecule has 0 aliphatic heterocycles. The lowest BCUT2D eigenvalue weighted by atomic mass is 9.95. The quantitative estimate of drug-likeness (QED) is 0.856. The zero-order valence-electron chi connectivity index (χ0n) is 10.1. The van der Waals surface area contributed by atoms with E-state index in [1.165, 1.54) is 11.8 Å². The molecule has 1 atom stereocenters. The van der Waals surface area contributed by atoms with Gasteiger partial charge in [-0.3, -0.25) is 0 Å². The van der Waals surface area contributed by atoms with E-state index in [4.69, 9.17) is 10.2 Å². The maximum atomic E-state index is 9.32. The van der Waals surface area contributed by atoms with Gasteiger partial charge in [0.1, 0.15) is 11.3 Å². The molecule has 2 rings (SSSR count). The Kier molecular flexibility index (Phi) is 3.75. The third kappa shape index (κ3) is 2.58. The van der Waals surface area contributed by atoms with E-state index in [-0.39, 0.29) is 0 Å². The van der Waals surface area contributed by atoms with Crippen LogP contribution in [0.3, 0.4) is 0 Å². The summed E-state index contributed by atoms with van der Waals surface area (Å²) in [5.41, 5.74) is 6.03. The van der Waals surface area contributed by atoms with Crippen LogP contribution in [-0.2, 0) is 5.54 Å². The van der Waals surface area contributed by atoms with Gasteiger partial charge < -0.3 is 10.2 Å². The summed E-state index contributed by atoms with van der Waals surface area (Å²) in [5.74, 6) is 1.35. The normalized spacial score (nSPS) is 13.8. The van der Waals surface area contributed by atoms with Gasteiger partial charge in [0.25, 0.3) is 0 Å². The molecule has 2 N–H and O–H groups in total. The van der Waals surface area contributed by atoms with Gasteiger partial charge in [-0.1, -0.05) is 30.3 Å². The monoisotopic (exact) mass is 258 g/mol. The van der Waals surface area contributed by atoms with Crippen molar-refractivity contribution in [2.75, 3.05) is 5.75 Å². The van der Waals surface area contributed by atoms with Crippen LogP contribution in [0.25, 0.3) is 0 Å². The molecule has 18 heavy (non-hydrogen) atoms. The largest absolute Gasteiger partial charge is 0.468 e. The van der Waals surface area contributed by atoms with Crippen molar-refractivity contribution in [2.45, 2.75) is 17.4 Å². The first-order valence-electron chi connectivity index (χ1n) is 5.58. The number of hydrogen-bond acceptors (Lipinski definition) is 4. The first kappa shape index (κ1) is 12.7. The number of nitrogens with zero attached hydrogens (tertiary/aromatic N) is 1. The molecule has 3 nitrogen and oxygen atoms in total. The molecular weight excluding hydrogens is 244 g/mol. The second-order valence-corrected chi connectivity index (χ2v) is 5.10. The fraction of sp³-hybridized carbons (Fsp3) is 0.214. The number of thioether (sulfide) groups is 1. The molecular formula is C14H14N2OS. The Morgan fingerprint density at radius 2 is 2.06 bits per heavy atom. The van der Waals surface area contributed by atoms with Crippen LogP contribution < -0.4 is 5.73 Å². The minimum absolute atomic E-state index is 0.494. The topological polar surface area (TPSA) is 62.9 Å². The van der Waals surface area contributed by atoms with Crippen LogP contribution >= 0.6 is 11.8 Å². The molecule has 0 radical (unpaired) electrons. The number of nitrogens with two attached hydrogens (primary N) is 1. The van der Waals surface area contributed by atoms with Gasteiger partial charge >= 0.3 is 0 Å². The van der Waals surface area contributed by atoms with Crippen LogP contribution in [0.5, 0.6) is 0 Å². The molecule has 1 aromatic heterocycles. The number of nitriles is 1. The van der Waals surface area contributed by atoms with Gasteiger partial charge in [-0.15, -0.1) is 11.8 Å². The van der Waals surface area contributed by atoms with Gasteiger partial charge in [-0.2, -0.15) is 5.26 Å². The Balaban J connectivity index is 2.15. The molecule has 1 heterocycles. The van der Waals surface area contributed by atoms with Crippen LogP contribution in [0.1, 0.15) is 11.3 Å². The van der Waals surface area contributed by atoms with E-state index in [1.807, 2.05) is 43.3 Å². The highest BCUT2D eigenvalue weighted by molar-refractivity contribution is 7.99. The lowest BCUT2D eigenvalue weighted by Crippen LogP contribution is -2.37. The number of rotatable bonds is 4. The van der Waals surface area contributed by atoms with Crippen LogP contribution in [0.15, 0.2) is 52.0 Å². The first-order chi connectivity index (χ1) is 8.65. The fourth-order valence-electron chi connectivity index (χ4n) is 1.63. The molecule has 0 saturated heterocycles. The van der Waals surface area contributed by atoms with E-state index in [1.54, 1.807) is 6.26 Å². The maximum Gasteiger partial charge on any atom is 0.139 e. The second kappa shape index (κ2) is 5.30. The molecule has 0 fully saturated rings. The predicted molar refractivity (Wildman–Crippen MR) is 72.1 cm³/mol. The average molecular weight is 258 g/mol. The zero-order chi connectivity index (χ0) is 13.0. The van der Waals surface area contributed by atoms with Gasteiger partial charge in [0.15, 0.2) is 0 Å². The predicted octanol–water partition coefficient (Wildman–Crippen LogP) is 3.06. The van der Waals surface area contributed by atoms with Crippen molar-refractivity contribution < 1.29 is 4.42 Å². The molecule has 0 bridgehead atoms. The molecule has 0 saturated carbocycles. The first-order valence-corrected chi connectivity index (χ1v) is 6.57. The van der Waals surface area contributed by atoms with Crippen molar-refractivity contribution >= 4 is 11.8 Å². The van der Waals surface area contributed by atoms with Gasteiger partial charge in [-0.25, -0.2) is 0 Å². The van der Waals surface area contributed by atoms with Gasteiger partial charge in [0.05, 0.1) is 12.3 Å². The summed E-state index contributed by atoms with van der Waals surface area (Å²) in [6.45, 7) is 1.90. The Morgan fingerprint density at radius 1 is 1.33 bits per heavy atom. The van der Waals surface area contributed by atoms with Gasteiger partial charge in [-0.05, 0) is 18.6 Å². The minimum atomic E-state index is -0.977. The van der Waals surface area contributed by atoms with Crippen LogP contribution in [0, 0.1) is 18.3 Å². The highest BCUT2D eigenvalue weighted by Crippen LogP contribution is 2.29. The number of aryl methyl sites for hydroxylation is 1. The summed E-state index contributed by atoms with van der Waals surface area (Å²) in [6, 6.07) is 13.5. The zero-order valence-corrected chi connectivity index (χ0v) is 10.9. The van der Waals surface area contributed by atoms with E-state index in [0.717, 1.165) is 16.2 Å². The third-order valence-corrected chi connectivity index (χ3v) is 4.09. The highest BCUT2D eigenvalue weighted by Gasteiger charge is 2.27. The van der Waals surface area contributed by atoms with E-state index < -0.39 is 5.54 Å². The maximum absolute atomic E-state index is 9.32. The van der Waals surface area contributed by atoms with Crippen LogP contribution in [0.4, 0.5) is 0 Å². The van der Waals surface area contributed by atoms with Crippen LogP contribution in [-0.4, -0.2) is 5.75 Å². The van der Waals surface area contributed by atoms with Crippen molar-refractivity contribution in [3.8, 4) is 6.07 Å². The van der Waals surface area contributed by atoms with Crippen molar-refractivity contribution in [2.24, 2.45) is 5.73 Å². The van der Waals surface area contributed by atoms with Crippen molar-refractivity contribution in [1.29, 1.82) is 5.26 Å². The lowest BCUT2D eigenvalue weighted by molar-refractivity contribution is 0.526. The smallest absolute Gasteiger partial charge is 0.139 e. The molecule has 0 amide bonds. The summed E-state index contributed by atoms with van der Waals surface area (Å²) in [7, 11) is 0. The fourth-order valence-corrected chi connectivity index (χ4v) is 2.65. The summed E-state index contributed by atoms with van der Waals surface area (Å²) in [5, 5.41) is 9.32. The summed E-state index contributed by atoms with van der Waals surface area (Å²) < 4.78 is 5.22. The van der Waals surface area contributed by atoms with Crippen molar-refractivity contribution in [1.82, 2.24) is 0 Å². The molecule has 0 aliphatic carbocycles. The van der Waals surface area contributed by atoms with Crippen molar-refractivity contribution in [3.63, 3.8) is 0 Å². The van der Waals surface area contributed by atoms with E-state index in [0.29, 0.717) is 5.75 Å². The third-order valence-electron chi connectivity index (χ3n) is 2.75. The summed E-state index contributed by atoms with van der Waals surface area (Å²) >= 11 is 1.54. The molecule has 2 aromatic rings. The molecule has 92 valence electrons. The molecule has 1 aromatic carbocycles. The van der Waals surface area contributed by atoms with E-state index in [9.17, 15) is 5.26 Å². The van der Waals surface area contributed by atoms with E-state index in [2.05, 4.69) is 6.07 Å². The Hall–Kier alpha value is -1.70. The van der Waals surface area contributed by atoms with Gasteiger partial charge in [0.2, 0.25) is 0 Å². The molecule has 1 unspecified atom stereocenters. The molecule has 0 spiro atoms.